The number of halogens is 4. The van der Waals surface area contributed by atoms with E-state index in [2.05, 4.69) is 4.99 Å². The first-order valence-electron chi connectivity index (χ1n) is 2.95. The van der Waals surface area contributed by atoms with Crippen LogP contribution in [0.5, 0.6) is 0 Å². The lowest BCUT2D eigenvalue weighted by atomic mass is 10.1. The Morgan fingerprint density at radius 2 is 1.55 bits per heavy atom. The van der Waals surface area contributed by atoms with E-state index >= 15 is 0 Å². The lowest BCUT2D eigenvalue weighted by Crippen LogP contribution is -2.22. The molecule has 0 amide bonds. The van der Waals surface area contributed by atoms with Gasteiger partial charge in [0.1, 0.15) is 0 Å². The minimum atomic E-state index is -4.52. The molecule has 0 saturated heterocycles. The van der Waals surface area contributed by atoms with Gasteiger partial charge in [0, 0.05) is 0 Å². The normalized spacial score (nSPS) is 15.4. The van der Waals surface area contributed by atoms with Crippen LogP contribution >= 0.6 is 11.6 Å². The summed E-state index contributed by atoms with van der Waals surface area (Å²) in [5, 5.41) is -1.30. The van der Waals surface area contributed by atoms with Crippen LogP contribution in [0.25, 0.3) is 0 Å². The summed E-state index contributed by atoms with van der Waals surface area (Å²) in [7, 11) is 0. The molecule has 5 heteroatoms. The fourth-order valence-electron chi connectivity index (χ4n) is 0.358. The molecule has 0 fully saturated rings. The van der Waals surface area contributed by atoms with Crippen LogP contribution in [0.2, 0.25) is 0 Å². The maximum Gasteiger partial charge on any atom is 0.444 e. The van der Waals surface area contributed by atoms with Crippen molar-refractivity contribution in [3.8, 4) is 0 Å². The molecule has 0 aliphatic rings. The second kappa shape index (κ2) is 3.01. The van der Waals surface area contributed by atoms with Crippen LogP contribution in [0.1, 0.15) is 20.8 Å². The van der Waals surface area contributed by atoms with Crippen molar-refractivity contribution in [1.29, 1.82) is 0 Å². The Morgan fingerprint density at radius 3 is 1.64 bits per heavy atom. The van der Waals surface area contributed by atoms with Gasteiger partial charge in [0.2, 0.25) is 5.17 Å². The number of nitrogens with zero attached hydrogens (tertiary/aromatic N) is 1. The first-order valence-corrected chi connectivity index (χ1v) is 3.33. The fraction of sp³-hybridized carbons (Fsp3) is 0.833. The van der Waals surface area contributed by atoms with Gasteiger partial charge in [-0.3, -0.25) is 4.99 Å². The van der Waals surface area contributed by atoms with E-state index in [4.69, 9.17) is 11.6 Å². The van der Waals surface area contributed by atoms with Crippen molar-refractivity contribution in [3.05, 3.63) is 0 Å². The summed E-state index contributed by atoms with van der Waals surface area (Å²) in [6.07, 6.45) is -4.52. The zero-order valence-corrected chi connectivity index (χ0v) is 7.22. The van der Waals surface area contributed by atoms with Crippen LogP contribution in [0, 0.1) is 0 Å². The van der Waals surface area contributed by atoms with Gasteiger partial charge in [-0.2, -0.15) is 13.2 Å². The van der Waals surface area contributed by atoms with E-state index in [0.29, 0.717) is 0 Å². The summed E-state index contributed by atoms with van der Waals surface area (Å²) in [6, 6.07) is 0. The monoisotopic (exact) mass is 187 g/mol. The van der Waals surface area contributed by atoms with Gasteiger partial charge in [-0.15, -0.1) is 0 Å². The van der Waals surface area contributed by atoms with Gasteiger partial charge < -0.3 is 0 Å². The Balaban J connectivity index is 4.49. The molecular formula is C6H9ClF3N. The number of alkyl halides is 3. The molecule has 0 atom stereocenters. The van der Waals surface area contributed by atoms with E-state index in [1.807, 2.05) is 0 Å². The van der Waals surface area contributed by atoms with Crippen LogP contribution in [0.15, 0.2) is 4.99 Å². The average molecular weight is 188 g/mol. The molecule has 66 valence electrons. The van der Waals surface area contributed by atoms with Gasteiger partial charge in [-0.05, 0) is 20.8 Å². The first-order chi connectivity index (χ1) is 4.63. The van der Waals surface area contributed by atoms with Gasteiger partial charge in [-0.25, -0.2) is 0 Å². The molecule has 11 heavy (non-hydrogen) atoms. The molecule has 0 spiro atoms. The van der Waals surface area contributed by atoms with E-state index in [-0.39, 0.29) is 0 Å². The van der Waals surface area contributed by atoms with Gasteiger partial charge in [0.25, 0.3) is 0 Å². The van der Waals surface area contributed by atoms with Crippen LogP contribution in [0.4, 0.5) is 13.2 Å². The summed E-state index contributed by atoms with van der Waals surface area (Å²) in [6.45, 7) is 4.63. The van der Waals surface area contributed by atoms with Crippen molar-refractivity contribution >= 4 is 16.8 Å². The molecule has 0 heterocycles. The molecule has 0 saturated carbocycles. The van der Waals surface area contributed by atoms with Crippen molar-refractivity contribution in [1.82, 2.24) is 0 Å². The fourth-order valence-corrected chi connectivity index (χ4v) is 0.611. The average Bonchev–Trinajstić information content (AvgIpc) is 1.56. The summed E-state index contributed by atoms with van der Waals surface area (Å²) in [5.74, 6) is 0. The van der Waals surface area contributed by atoms with Crippen LogP contribution in [-0.4, -0.2) is 16.9 Å². The van der Waals surface area contributed by atoms with E-state index < -0.39 is 16.9 Å². The highest BCUT2D eigenvalue weighted by atomic mass is 35.5. The van der Waals surface area contributed by atoms with E-state index in [9.17, 15) is 13.2 Å². The Morgan fingerprint density at radius 1 is 1.18 bits per heavy atom. The van der Waals surface area contributed by atoms with Gasteiger partial charge in [0.15, 0.2) is 0 Å². The van der Waals surface area contributed by atoms with Gasteiger partial charge in [-0.1, -0.05) is 11.6 Å². The first kappa shape index (κ1) is 10.8. The highest BCUT2D eigenvalue weighted by Gasteiger charge is 2.35. The summed E-state index contributed by atoms with van der Waals surface area (Å²) in [5.41, 5.74) is -0.785. The van der Waals surface area contributed by atoms with E-state index in [0.717, 1.165) is 0 Å². The lowest BCUT2D eigenvalue weighted by molar-refractivity contribution is -0.0564. The lowest BCUT2D eigenvalue weighted by Gasteiger charge is -2.13. The Bertz CT molecular complexity index is 166. The SMILES string of the molecule is CC(C)(C)/N=C(\Cl)C(F)(F)F. The predicted molar refractivity (Wildman–Crippen MR) is 39.1 cm³/mol. The molecule has 0 aliphatic heterocycles. The molecule has 0 bridgehead atoms. The molecule has 0 aromatic heterocycles. The molecule has 0 N–H and O–H groups in total. The Kier molecular flexibility index (Phi) is 2.94. The number of aliphatic imine (C=N–C) groups is 1. The number of hydrogen-bond acceptors (Lipinski definition) is 1. The molecule has 1 nitrogen and oxygen atoms in total. The Labute approximate surface area is 68.3 Å². The largest absolute Gasteiger partial charge is 0.444 e. The van der Waals surface area contributed by atoms with Crippen LogP contribution in [0.3, 0.4) is 0 Å². The second-order valence-corrected chi connectivity index (χ2v) is 3.43. The smallest absolute Gasteiger partial charge is 0.264 e. The van der Waals surface area contributed by atoms with Gasteiger partial charge in [0.05, 0.1) is 5.54 Å². The third-order valence-electron chi connectivity index (χ3n) is 0.667. The van der Waals surface area contributed by atoms with Crippen LogP contribution in [-0.2, 0) is 0 Å². The summed E-state index contributed by atoms with van der Waals surface area (Å²) < 4.78 is 35.2. The molecule has 0 aromatic carbocycles. The highest BCUT2D eigenvalue weighted by Crippen LogP contribution is 2.22. The Hall–Kier alpha value is -0.250. The summed E-state index contributed by atoms with van der Waals surface area (Å²) in [4.78, 5) is 3.24. The van der Waals surface area contributed by atoms with Crippen molar-refractivity contribution < 1.29 is 13.2 Å². The van der Waals surface area contributed by atoms with Crippen molar-refractivity contribution in [2.24, 2.45) is 4.99 Å². The zero-order chi connectivity index (χ0) is 9.28. The molecule has 0 rings (SSSR count). The van der Waals surface area contributed by atoms with E-state index in [1.54, 1.807) is 20.8 Å². The van der Waals surface area contributed by atoms with Crippen molar-refractivity contribution in [3.63, 3.8) is 0 Å². The maximum absolute atomic E-state index is 11.7. The van der Waals surface area contributed by atoms with Crippen molar-refractivity contribution in [2.75, 3.05) is 0 Å². The minimum Gasteiger partial charge on any atom is -0.264 e. The van der Waals surface area contributed by atoms with E-state index in [1.165, 1.54) is 0 Å². The maximum atomic E-state index is 11.7. The topological polar surface area (TPSA) is 12.4 Å². The number of rotatable bonds is 0. The third-order valence-corrected chi connectivity index (χ3v) is 0.966. The standard InChI is InChI=1S/C6H9ClF3N/c1-5(2,3)11-4(7)6(8,9)10/h1-3H3/b11-4-. The number of hydrogen-bond donors (Lipinski definition) is 0. The highest BCUT2D eigenvalue weighted by molar-refractivity contribution is 6.66. The summed E-state index contributed by atoms with van der Waals surface area (Å²) >= 11 is 4.87. The quantitative estimate of drug-likeness (QED) is 0.517. The van der Waals surface area contributed by atoms with Crippen molar-refractivity contribution in [2.45, 2.75) is 32.5 Å². The minimum absolute atomic E-state index is 0.785. The second-order valence-electron chi connectivity index (χ2n) is 3.07. The predicted octanol–water partition coefficient (Wildman–Crippen LogP) is 2.98. The van der Waals surface area contributed by atoms with Gasteiger partial charge >= 0.3 is 6.18 Å². The molecule has 0 unspecified atom stereocenters. The van der Waals surface area contributed by atoms with Crippen LogP contribution < -0.4 is 0 Å². The molecular weight excluding hydrogens is 179 g/mol. The zero-order valence-electron chi connectivity index (χ0n) is 6.46. The molecule has 0 aromatic rings. The molecule has 0 radical (unpaired) electrons. The molecule has 0 aliphatic carbocycles. The third kappa shape index (κ3) is 5.07.